The van der Waals surface area contributed by atoms with Crippen molar-refractivity contribution in [2.24, 2.45) is 5.16 Å². The van der Waals surface area contributed by atoms with Gasteiger partial charge in [0.15, 0.2) is 0 Å². The van der Waals surface area contributed by atoms with Crippen LogP contribution in [-0.2, 0) is 4.84 Å². The normalized spacial score (nSPS) is 8.23. The predicted octanol–water partition coefficient (Wildman–Crippen LogP) is 1.99. The summed E-state index contributed by atoms with van der Waals surface area (Å²) in [7, 11) is 0. The SMILES string of the molecule is CCCCCCON=C(C#N)C#N. The first-order valence-corrected chi connectivity index (χ1v) is 4.35. The molecule has 0 rings (SSSR count). The molecular weight excluding hydrogens is 166 g/mol. The first-order chi connectivity index (χ1) is 6.35. The quantitative estimate of drug-likeness (QED) is 0.355. The van der Waals surface area contributed by atoms with Crippen LogP contribution in [0.2, 0.25) is 0 Å². The largest absolute Gasteiger partial charge is 0.394 e. The van der Waals surface area contributed by atoms with E-state index in [0.717, 1.165) is 12.8 Å². The van der Waals surface area contributed by atoms with Gasteiger partial charge in [-0.25, -0.2) is 0 Å². The van der Waals surface area contributed by atoms with Gasteiger partial charge in [-0.3, -0.25) is 0 Å². The summed E-state index contributed by atoms with van der Waals surface area (Å²) in [6.45, 7) is 2.61. The van der Waals surface area contributed by atoms with Crippen LogP contribution >= 0.6 is 0 Å². The molecule has 0 saturated carbocycles. The van der Waals surface area contributed by atoms with Crippen LogP contribution in [0, 0.1) is 22.7 Å². The van der Waals surface area contributed by atoms with Crippen molar-refractivity contribution in [3.63, 3.8) is 0 Å². The molecule has 0 radical (unpaired) electrons. The molecular formula is C9H13N3O. The fraction of sp³-hybridized carbons (Fsp3) is 0.667. The van der Waals surface area contributed by atoms with Gasteiger partial charge in [0.1, 0.15) is 18.7 Å². The lowest BCUT2D eigenvalue weighted by Gasteiger charge is -1.97. The van der Waals surface area contributed by atoms with Crippen molar-refractivity contribution in [1.29, 1.82) is 10.5 Å². The van der Waals surface area contributed by atoms with Crippen LogP contribution in [0.4, 0.5) is 0 Å². The molecule has 0 heterocycles. The van der Waals surface area contributed by atoms with E-state index in [1.807, 2.05) is 0 Å². The summed E-state index contributed by atoms with van der Waals surface area (Å²) >= 11 is 0. The van der Waals surface area contributed by atoms with Gasteiger partial charge in [-0.1, -0.05) is 24.9 Å². The Balaban J connectivity index is 3.41. The van der Waals surface area contributed by atoms with Gasteiger partial charge in [0.05, 0.1) is 0 Å². The molecule has 0 atom stereocenters. The first-order valence-electron chi connectivity index (χ1n) is 4.35. The van der Waals surface area contributed by atoms with Crippen LogP contribution < -0.4 is 0 Å². The molecule has 0 saturated heterocycles. The molecule has 0 amide bonds. The summed E-state index contributed by atoms with van der Waals surface area (Å²) in [5.41, 5.74) is -0.226. The Morgan fingerprint density at radius 1 is 1.23 bits per heavy atom. The number of unbranched alkanes of at least 4 members (excludes halogenated alkanes) is 3. The lowest BCUT2D eigenvalue weighted by atomic mass is 10.2. The third-order valence-electron chi connectivity index (χ3n) is 1.46. The Kier molecular flexibility index (Phi) is 7.53. The minimum Gasteiger partial charge on any atom is -0.394 e. The zero-order chi connectivity index (χ0) is 9.94. The smallest absolute Gasteiger partial charge is 0.256 e. The van der Waals surface area contributed by atoms with E-state index < -0.39 is 0 Å². The maximum Gasteiger partial charge on any atom is 0.256 e. The summed E-state index contributed by atoms with van der Waals surface area (Å²) in [4.78, 5) is 4.77. The van der Waals surface area contributed by atoms with Crippen LogP contribution in [0.25, 0.3) is 0 Å². The Morgan fingerprint density at radius 2 is 1.92 bits per heavy atom. The van der Waals surface area contributed by atoms with Crippen LogP contribution in [0.3, 0.4) is 0 Å². The van der Waals surface area contributed by atoms with E-state index in [1.165, 1.54) is 12.8 Å². The highest BCUT2D eigenvalue weighted by Crippen LogP contribution is 1.98. The second-order valence-corrected chi connectivity index (χ2v) is 2.56. The molecule has 0 bridgehead atoms. The van der Waals surface area contributed by atoms with Gasteiger partial charge < -0.3 is 4.84 Å². The highest BCUT2D eigenvalue weighted by atomic mass is 16.6. The predicted molar refractivity (Wildman–Crippen MR) is 48.8 cm³/mol. The van der Waals surface area contributed by atoms with E-state index in [4.69, 9.17) is 15.4 Å². The molecule has 0 aromatic carbocycles. The number of oxime groups is 1. The number of nitrogens with zero attached hydrogens (tertiary/aromatic N) is 3. The van der Waals surface area contributed by atoms with Gasteiger partial charge >= 0.3 is 0 Å². The van der Waals surface area contributed by atoms with E-state index in [0.29, 0.717) is 6.61 Å². The molecule has 0 aliphatic rings. The third-order valence-corrected chi connectivity index (χ3v) is 1.46. The van der Waals surface area contributed by atoms with Gasteiger partial charge in [0, 0.05) is 0 Å². The van der Waals surface area contributed by atoms with Gasteiger partial charge in [-0.2, -0.15) is 10.5 Å². The van der Waals surface area contributed by atoms with Crippen molar-refractivity contribution in [2.45, 2.75) is 32.6 Å². The third kappa shape index (κ3) is 6.83. The van der Waals surface area contributed by atoms with Crippen LogP contribution in [0.5, 0.6) is 0 Å². The molecule has 0 fully saturated rings. The zero-order valence-electron chi connectivity index (χ0n) is 7.79. The summed E-state index contributed by atoms with van der Waals surface area (Å²) in [6.07, 6.45) is 4.36. The topological polar surface area (TPSA) is 69.2 Å². The second kappa shape index (κ2) is 8.55. The highest BCUT2D eigenvalue weighted by molar-refractivity contribution is 6.09. The minimum absolute atomic E-state index is 0.226. The molecule has 4 heteroatoms. The monoisotopic (exact) mass is 179 g/mol. The summed E-state index contributed by atoms with van der Waals surface area (Å²) < 4.78 is 0. The fourth-order valence-corrected chi connectivity index (χ4v) is 0.769. The van der Waals surface area contributed by atoms with E-state index in [2.05, 4.69) is 12.1 Å². The Bertz CT molecular complexity index is 218. The van der Waals surface area contributed by atoms with Gasteiger partial charge in [-0.15, -0.1) is 0 Å². The van der Waals surface area contributed by atoms with Crippen LogP contribution in [0.15, 0.2) is 5.16 Å². The molecule has 0 aliphatic carbocycles. The van der Waals surface area contributed by atoms with Gasteiger partial charge in [0.25, 0.3) is 5.71 Å². The maximum atomic E-state index is 8.28. The first kappa shape index (κ1) is 11.4. The Hall–Kier alpha value is -1.55. The number of nitriles is 2. The molecule has 0 spiro atoms. The lowest BCUT2D eigenvalue weighted by Crippen LogP contribution is -1.93. The van der Waals surface area contributed by atoms with Crippen molar-refractivity contribution < 1.29 is 4.84 Å². The van der Waals surface area contributed by atoms with Gasteiger partial charge in [0.2, 0.25) is 0 Å². The van der Waals surface area contributed by atoms with Crippen molar-refractivity contribution in [1.82, 2.24) is 0 Å². The zero-order valence-corrected chi connectivity index (χ0v) is 7.79. The summed E-state index contributed by atoms with van der Waals surface area (Å²) in [5.74, 6) is 0. The van der Waals surface area contributed by atoms with Crippen molar-refractivity contribution in [3.05, 3.63) is 0 Å². The second-order valence-electron chi connectivity index (χ2n) is 2.56. The maximum absolute atomic E-state index is 8.28. The summed E-state index contributed by atoms with van der Waals surface area (Å²) in [5, 5.41) is 19.9. The van der Waals surface area contributed by atoms with Crippen LogP contribution in [0.1, 0.15) is 32.6 Å². The Labute approximate surface area is 78.4 Å². The fourth-order valence-electron chi connectivity index (χ4n) is 0.769. The van der Waals surface area contributed by atoms with Gasteiger partial charge in [-0.05, 0) is 12.8 Å². The molecule has 0 aromatic heterocycles. The molecule has 0 unspecified atom stereocenters. The van der Waals surface area contributed by atoms with E-state index in [9.17, 15) is 0 Å². The van der Waals surface area contributed by atoms with E-state index >= 15 is 0 Å². The molecule has 0 aliphatic heterocycles. The number of rotatable bonds is 6. The average molecular weight is 179 g/mol. The molecule has 70 valence electrons. The highest BCUT2D eigenvalue weighted by Gasteiger charge is 1.93. The molecule has 0 aromatic rings. The Morgan fingerprint density at radius 3 is 2.46 bits per heavy atom. The van der Waals surface area contributed by atoms with Crippen molar-refractivity contribution in [3.8, 4) is 12.1 Å². The summed E-state index contributed by atoms with van der Waals surface area (Å²) in [6, 6.07) is 3.24. The molecule has 13 heavy (non-hydrogen) atoms. The minimum atomic E-state index is -0.226. The lowest BCUT2D eigenvalue weighted by molar-refractivity contribution is 0.140. The van der Waals surface area contributed by atoms with Crippen molar-refractivity contribution in [2.75, 3.05) is 6.61 Å². The van der Waals surface area contributed by atoms with E-state index in [1.54, 1.807) is 12.1 Å². The molecule has 0 N–H and O–H groups in total. The number of hydrogen-bond donors (Lipinski definition) is 0. The number of hydrogen-bond acceptors (Lipinski definition) is 4. The van der Waals surface area contributed by atoms with Crippen molar-refractivity contribution >= 4 is 5.71 Å². The van der Waals surface area contributed by atoms with Crippen LogP contribution in [-0.4, -0.2) is 12.3 Å². The average Bonchev–Trinajstić information content (AvgIpc) is 2.17. The van der Waals surface area contributed by atoms with E-state index in [-0.39, 0.29) is 5.71 Å². The standard InChI is InChI=1S/C9H13N3O/c1-2-3-4-5-6-13-12-9(7-10)8-11/h2-6H2,1H3. The molecule has 4 nitrogen and oxygen atoms in total.